The molecule has 0 heterocycles. The lowest BCUT2D eigenvalue weighted by molar-refractivity contribution is 0.417. The molecule has 0 aromatic heterocycles. The zero-order chi connectivity index (χ0) is 13.6. The van der Waals surface area contributed by atoms with Crippen LogP contribution in [0.2, 0.25) is 0 Å². The van der Waals surface area contributed by atoms with E-state index in [1.54, 1.807) is 0 Å². The molecule has 0 saturated heterocycles. The third kappa shape index (κ3) is 5.20. The molecule has 1 aromatic rings. The number of hydrogen-bond donors (Lipinski definition) is 1. The standard InChI is InChI=1S/C15H21BrN2/c1-12(13-6-4-7-14(16)10-13)18-9-5-8-15(2,3)11-17/h4,6-7,10,12,18H,5,8-9H2,1-3H3/t12-/m1/s1. The van der Waals surface area contributed by atoms with E-state index in [2.05, 4.69) is 52.4 Å². The van der Waals surface area contributed by atoms with Crippen molar-refractivity contribution in [3.05, 3.63) is 34.3 Å². The minimum atomic E-state index is -0.208. The predicted octanol–water partition coefficient (Wildman–Crippen LogP) is 4.43. The van der Waals surface area contributed by atoms with Crippen LogP contribution in [0.25, 0.3) is 0 Å². The fraction of sp³-hybridized carbons (Fsp3) is 0.533. The van der Waals surface area contributed by atoms with Gasteiger partial charge in [-0.3, -0.25) is 0 Å². The van der Waals surface area contributed by atoms with Crippen LogP contribution < -0.4 is 5.32 Å². The van der Waals surface area contributed by atoms with Gasteiger partial charge in [0.25, 0.3) is 0 Å². The van der Waals surface area contributed by atoms with Crippen molar-refractivity contribution in [2.45, 2.75) is 39.7 Å². The van der Waals surface area contributed by atoms with Crippen LogP contribution >= 0.6 is 15.9 Å². The lowest BCUT2D eigenvalue weighted by Crippen LogP contribution is -2.21. The van der Waals surface area contributed by atoms with Crippen molar-refractivity contribution in [3.63, 3.8) is 0 Å². The van der Waals surface area contributed by atoms with Crippen LogP contribution in [0.1, 0.15) is 45.2 Å². The molecule has 3 heteroatoms. The third-order valence-electron chi connectivity index (χ3n) is 3.08. The Hall–Kier alpha value is -0.850. The van der Waals surface area contributed by atoms with E-state index in [0.717, 1.165) is 23.9 Å². The molecule has 0 radical (unpaired) electrons. The summed E-state index contributed by atoms with van der Waals surface area (Å²) in [7, 11) is 0. The van der Waals surface area contributed by atoms with Gasteiger partial charge in [0.2, 0.25) is 0 Å². The Morgan fingerprint density at radius 2 is 2.17 bits per heavy atom. The van der Waals surface area contributed by atoms with Crippen molar-refractivity contribution >= 4 is 15.9 Å². The number of nitriles is 1. The summed E-state index contributed by atoms with van der Waals surface area (Å²) in [6.45, 7) is 7.09. The molecular formula is C15H21BrN2. The van der Waals surface area contributed by atoms with Gasteiger partial charge in [-0.05, 0) is 57.9 Å². The first-order valence-corrected chi connectivity index (χ1v) is 7.14. The monoisotopic (exact) mass is 308 g/mol. The maximum Gasteiger partial charge on any atom is 0.0683 e. The van der Waals surface area contributed by atoms with Gasteiger partial charge in [0.15, 0.2) is 0 Å². The molecule has 0 aliphatic heterocycles. The summed E-state index contributed by atoms with van der Waals surface area (Å²) in [6, 6.07) is 11.0. The molecule has 98 valence electrons. The highest BCUT2D eigenvalue weighted by Gasteiger charge is 2.15. The second-order valence-electron chi connectivity index (χ2n) is 5.33. The molecule has 1 rings (SSSR count). The Morgan fingerprint density at radius 1 is 1.44 bits per heavy atom. The van der Waals surface area contributed by atoms with E-state index >= 15 is 0 Å². The van der Waals surface area contributed by atoms with Crippen molar-refractivity contribution in [1.82, 2.24) is 5.32 Å². The van der Waals surface area contributed by atoms with E-state index in [-0.39, 0.29) is 5.41 Å². The van der Waals surface area contributed by atoms with Gasteiger partial charge >= 0.3 is 0 Å². The van der Waals surface area contributed by atoms with Crippen LogP contribution in [-0.4, -0.2) is 6.54 Å². The van der Waals surface area contributed by atoms with Crippen LogP contribution in [0.4, 0.5) is 0 Å². The van der Waals surface area contributed by atoms with E-state index in [0.29, 0.717) is 6.04 Å². The Morgan fingerprint density at radius 3 is 2.78 bits per heavy atom. The predicted molar refractivity (Wildman–Crippen MR) is 79.2 cm³/mol. The van der Waals surface area contributed by atoms with E-state index in [9.17, 15) is 0 Å². The summed E-state index contributed by atoms with van der Waals surface area (Å²) >= 11 is 3.48. The number of nitrogens with one attached hydrogen (secondary N) is 1. The minimum absolute atomic E-state index is 0.208. The van der Waals surface area contributed by atoms with Crippen LogP contribution in [0, 0.1) is 16.7 Å². The fourth-order valence-corrected chi connectivity index (χ4v) is 2.22. The summed E-state index contributed by atoms with van der Waals surface area (Å²) < 4.78 is 1.11. The van der Waals surface area contributed by atoms with Crippen molar-refractivity contribution in [2.24, 2.45) is 5.41 Å². The highest BCUT2D eigenvalue weighted by Crippen LogP contribution is 2.21. The zero-order valence-electron chi connectivity index (χ0n) is 11.3. The average Bonchev–Trinajstić information content (AvgIpc) is 2.34. The maximum atomic E-state index is 8.94. The van der Waals surface area contributed by atoms with Gasteiger partial charge in [-0.15, -0.1) is 0 Å². The van der Waals surface area contributed by atoms with Crippen LogP contribution in [0.15, 0.2) is 28.7 Å². The lowest BCUT2D eigenvalue weighted by atomic mass is 9.90. The summed E-state index contributed by atoms with van der Waals surface area (Å²) in [4.78, 5) is 0. The normalized spacial score (nSPS) is 13.1. The molecule has 0 aliphatic rings. The first-order valence-electron chi connectivity index (χ1n) is 6.35. The molecule has 0 amide bonds. The molecule has 2 nitrogen and oxygen atoms in total. The van der Waals surface area contributed by atoms with Crippen molar-refractivity contribution in [3.8, 4) is 6.07 Å². The van der Waals surface area contributed by atoms with Crippen LogP contribution in [0.3, 0.4) is 0 Å². The molecule has 1 aromatic carbocycles. The molecular weight excluding hydrogens is 288 g/mol. The quantitative estimate of drug-likeness (QED) is 0.789. The highest BCUT2D eigenvalue weighted by molar-refractivity contribution is 9.10. The van der Waals surface area contributed by atoms with E-state index < -0.39 is 0 Å². The smallest absolute Gasteiger partial charge is 0.0683 e. The number of halogens is 1. The average molecular weight is 309 g/mol. The largest absolute Gasteiger partial charge is 0.310 e. The lowest BCUT2D eigenvalue weighted by Gasteiger charge is -2.17. The molecule has 18 heavy (non-hydrogen) atoms. The Labute approximate surface area is 119 Å². The van der Waals surface area contributed by atoms with Gasteiger partial charge in [0.05, 0.1) is 11.5 Å². The Kier molecular flexibility index (Phi) is 5.84. The number of nitrogens with zero attached hydrogens (tertiary/aromatic N) is 1. The molecule has 0 aliphatic carbocycles. The van der Waals surface area contributed by atoms with E-state index in [1.807, 2.05) is 19.9 Å². The first-order chi connectivity index (χ1) is 8.44. The number of benzene rings is 1. The van der Waals surface area contributed by atoms with Crippen molar-refractivity contribution in [2.75, 3.05) is 6.54 Å². The molecule has 1 N–H and O–H groups in total. The molecule has 0 saturated carbocycles. The molecule has 0 fully saturated rings. The number of rotatable bonds is 6. The molecule has 0 unspecified atom stereocenters. The Bertz CT molecular complexity index is 421. The van der Waals surface area contributed by atoms with E-state index in [1.165, 1.54) is 5.56 Å². The van der Waals surface area contributed by atoms with Gasteiger partial charge in [0.1, 0.15) is 0 Å². The van der Waals surface area contributed by atoms with Gasteiger partial charge in [-0.2, -0.15) is 5.26 Å². The maximum absolute atomic E-state index is 8.94. The SMILES string of the molecule is C[C@@H](NCCCC(C)(C)C#N)c1cccc(Br)c1. The van der Waals surface area contributed by atoms with Crippen molar-refractivity contribution < 1.29 is 0 Å². The number of hydrogen-bond acceptors (Lipinski definition) is 2. The van der Waals surface area contributed by atoms with Gasteiger partial charge < -0.3 is 5.32 Å². The minimum Gasteiger partial charge on any atom is -0.310 e. The topological polar surface area (TPSA) is 35.8 Å². The van der Waals surface area contributed by atoms with Gasteiger partial charge in [-0.25, -0.2) is 0 Å². The highest BCUT2D eigenvalue weighted by atomic mass is 79.9. The summed E-state index contributed by atoms with van der Waals surface area (Å²) in [5, 5.41) is 12.4. The summed E-state index contributed by atoms with van der Waals surface area (Å²) in [5.74, 6) is 0. The molecule has 1 atom stereocenters. The summed E-state index contributed by atoms with van der Waals surface area (Å²) in [6.07, 6.45) is 1.96. The second kappa shape index (κ2) is 6.92. The Balaban J connectivity index is 2.34. The van der Waals surface area contributed by atoms with Gasteiger partial charge in [-0.1, -0.05) is 28.1 Å². The molecule has 0 spiro atoms. The van der Waals surface area contributed by atoms with Crippen LogP contribution in [-0.2, 0) is 0 Å². The first kappa shape index (κ1) is 15.2. The van der Waals surface area contributed by atoms with Crippen LogP contribution in [0.5, 0.6) is 0 Å². The summed E-state index contributed by atoms with van der Waals surface area (Å²) in [5.41, 5.74) is 1.07. The van der Waals surface area contributed by atoms with Gasteiger partial charge in [0, 0.05) is 10.5 Å². The zero-order valence-corrected chi connectivity index (χ0v) is 12.9. The third-order valence-corrected chi connectivity index (χ3v) is 3.57. The second-order valence-corrected chi connectivity index (χ2v) is 6.25. The molecule has 0 bridgehead atoms. The fourth-order valence-electron chi connectivity index (χ4n) is 1.80. The van der Waals surface area contributed by atoms with E-state index in [4.69, 9.17) is 5.26 Å². The van der Waals surface area contributed by atoms with Crippen molar-refractivity contribution in [1.29, 1.82) is 5.26 Å².